The molecule has 1 aliphatic rings. The standard InChI is InChI=1S/C18H25N3O3/c1-11-15(19-12(2)22)9-6-10-16(11)21-18(24)17(20-13(3)23)14-7-4-5-8-14/h6,9-10,14,17H,4-5,7-8H2,1-3H3,(H,19,22)(H,20,23)(H,21,24). The molecule has 1 fully saturated rings. The van der Waals surface area contributed by atoms with E-state index in [1.165, 1.54) is 13.8 Å². The number of hydrogen-bond donors (Lipinski definition) is 3. The molecule has 130 valence electrons. The Morgan fingerprint density at radius 2 is 1.58 bits per heavy atom. The van der Waals surface area contributed by atoms with E-state index in [-0.39, 0.29) is 23.6 Å². The van der Waals surface area contributed by atoms with Gasteiger partial charge in [0.25, 0.3) is 0 Å². The number of carbonyl (C=O) groups is 3. The molecule has 0 bridgehead atoms. The maximum absolute atomic E-state index is 12.7. The summed E-state index contributed by atoms with van der Waals surface area (Å²) in [4.78, 5) is 35.4. The van der Waals surface area contributed by atoms with Gasteiger partial charge in [0.2, 0.25) is 17.7 Å². The average molecular weight is 331 g/mol. The van der Waals surface area contributed by atoms with E-state index in [0.717, 1.165) is 31.2 Å². The molecule has 6 nitrogen and oxygen atoms in total. The Balaban J connectivity index is 2.16. The summed E-state index contributed by atoms with van der Waals surface area (Å²) in [5, 5.41) is 8.43. The van der Waals surface area contributed by atoms with Crippen LogP contribution in [0.1, 0.15) is 45.1 Å². The molecule has 0 aliphatic heterocycles. The van der Waals surface area contributed by atoms with Gasteiger partial charge >= 0.3 is 0 Å². The summed E-state index contributed by atoms with van der Waals surface area (Å²) in [7, 11) is 0. The van der Waals surface area contributed by atoms with Crippen molar-refractivity contribution in [1.29, 1.82) is 0 Å². The molecule has 0 aromatic heterocycles. The van der Waals surface area contributed by atoms with Crippen molar-refractivity contribution in [3.8, 4) is 0 Å². The first kappa shape index (κ1) is 18.0. The van der Waals surface area contributed by atoms with Crippen LogP contribution in [0.2, 0.25) is 0 Å². The van der Waals surface area contributed by atoms with Crippen LogP contribution in [0, 0.1) is 12.8 Å². The molecule has 2 rings (SSSR count). The molecule has 1 unspecified atom stereocenters. The third-order valence-electron chi connectivity index (χ3n) is 4.41. The number of carbonyl (C=O) groups excluding carboxylic acids is 3. The van der Waals surface area contributed by atoms with Crippen molar-refractivity contribution in [3.63, 3.8) is 0 Å². The smallest absolute Gasteiger partial charge is 0.247 e. The van der Waals surface area contributed by atoms with E-state index in [0.29, 0.717) is 11.4 Å². The van der Waals surface area contributed by atoms with Crippen LogP contribution in [0.4, 0.5) is 11.4 Å². The first-order chi connectivity index (χ1) is 11.4. The molecule has 0 spiro atoms. The molecule has 1 atom stereocenters. The Morgan fingerprint density at radius 1 is 1.00 bits per heavy atom. The van der Waals surface area contributed by atoms with Gasteiger partial charge in [-0.2, -0.15) is 0 Å². The highest BCUT2D eigenvalue weighted by atomic mass is 16.2. The summed E-state index contributed by atoms with van der Waals surface area (Å²) in [6.07, 6.45) is 4.07. The molecule has 3 amide bonds. The lowest BCUT2D eigenvalue weighted by Gasteiger charge is -2.24. The second kappa shape index (κ2) is 7.95. The molecule has 1 aromatic rings. The second-order valence-corrected chi connectivity index (χ2v) is 6.37. The maximum Gasteiger partial charge on any atom is 0.247 e. The van der Waals surface area contributed by atoms with E-state index in [1.807, 2.05) is 6.92 Å². The third kappa shape index (κ3) is 4.57. The van der Waals surface area contributed by atoms with Crippen LogP contribution < -0.4 is 16.0 Å². The van der Waals surface area contributed by atoms with Crippen LogP contribution >= 0.6 is 0 Å². The van der Waals surface area contributed by atoms with Gasteiger partial charge in [0.05, 0.1) is 0 Å². The normalized spacial score (nSPS) is 15.6. The van der Waals surface area contributed by atoms with Crippen molar-refractivity contribution >= 4 is 29.1 Å². The van der Waals surface area contributed by atoms with Gasteiger partial charge in [-0.15, -0.1) is 0 Å². The fourth-order valence-electron chi connectivity index (χ4n) is 3.21. The van der Waals surface area contributed by atoms with Crippen molar-refractivity contribution in [1.82, 2.24) is 5.32 Å². The summed E-state index contributed by atoms with van der Waals surface area (Å²) in [6.45, 7) is 4.71. The van der Waals surface area contributed by atoms with E-state index in [9.17, 15) is 14.4 Å². The zero-order valence-corrected chi connectivity index (χ0v) is 14.4. The lowest BCUT2D eigenvalue weighted by molar-refractivity contribution is -0.126. The molecule has 0 heterocycles. The molecule has 1 aliphatic carbocycles. The number of amides is 3. The number of benzene rings is 1. The van der Waals surface area contributed by atoms with E-state index in [2.05, 4.69) is 16.0 Å². The van der Waals surface area contributed by atoms with Crippen LogP contribution in [0.25, 0.3) is 0 Å². The highest BCUT2D eigenvalue weighted by Gasteiger charge is 2.31. The van der Waals surface area contributed by atoms with Crippen molar-refractivity contribution < 1.29 is 14.4 Å². The van der Waals surface area contributed by atoms with E-state index in [4.69, 9.17) is 0 Å². The number of hydrogen-bond acceptors (Lipinski definition) is 3. The monoisotopic (exact) mass is 331 g/mol. The molecule has 3 N–H and O–H groups in total. The van der Waals surface area contributed by atoms with Crippen molar-refractivity contribution in [2.24, 2.45) is 5.92 Å². The van der Waals surface area contributed by atoms with Crippen LogP contribution in [0.15, 0.2) is 18.2 Å². The third-order valence-corrected chi connectivity index (χ3v) is 4.41. The Morgan fingerprint density at radius 3 is 2.12 bits per heavy atom. The average Bonchev–Trinajstić information content (AvgIpc) is 3.02. The van der Waals surface area contributed by atoms with E-state index in [1.54, 1.807) is 18.2 Å². The Bertz CT molecular complexity index is 636. The van der Waals surface area contributed by atoms with Gasteiger partial charge < -0.3 is 16.0 Å². The van der Waals surface area contributed by atoms with Gasteiger partial charge in [-0.1, -0.05) is 18.9 Å². The maximum atomic E-state index is 12.7. The zero-order chi connectivity index (χ0) is 17.7. The summed E-state index contributed by atoms with van der Waals surface area (Å²) in [6, 6.07) is 4.83. The SMILES string of the molecule is CC(=O)Nc1cccc(NC(=O)C(NC(C)=O)C2CCCC2)c1C. The quantitative estimate of drug-likeness (QED) is 0.775. The number of rotatable bonds is 5. The van der Waals surface area contributed by atoms with Crippen LogP contribution in [-0.4, -0.2) is 23.8 Å². The van der Waals surface area contributed by atoms with E-state index < -0.39 is 6.04 Å². The molecule has 6 heteroatoms. The second-order valence-electron chi connectivity index (χ2n) is 6.37. The fourth-order valence-corrected chi connectivity index (χ4v) is 3.21. The zero-order valence-electron chi connectivity index (χ0n) is 14.4. The Labute approximate surface area is 142 Å². The van der Waals surface area contributed by atoms with Crippen LogP contribution in [-0.2, 0) is 14.4 Å². The predicted octanol–water partition coefficient (Wildman–Crippen LogP) is 2.59. The Hall–Kier alpha value is -2.37. The molecule has 1 aromatic carbocycles. The Kier molecular flexibility index (Phi) is 5.95. The molecule has 1 saturated carbocycles. The topological polar surface area (TPSA) is 87.3 Å². The van der Waals surface area contributed by atoms with Gasteiger partial charge in [0.15, 0.2) is 0 Å². The number of nitrogens with one attached hydrogen (secondary N) is 3. The first-order valence-electron chi connectivity index (χ1n) is 8.33. The van der Waals surface area contributed by atoms with Gasteiger partial charge in [0, 0.05) is 25.2 Å². The van der Waals surface area contributed by atoms with Crippen LogP contribution in [0.5, 0.6) is 0 Å². The first-order valence-corrected chi connectivity index (χ1v) is 8.33. The van der Waals surface area contributed by atoms with Crippen LogP contribution in [0.3, 0.4) is 0 Å². The summed E-state index contributed by atoms with van der Waals surface area (Å²) in [5.41, 5.74) is 2.09. The minimum atomic E-state index is -0.520. The van der Waals surface area contributed by atoms with Crippen molar-refractivity contribution in [2.75, 3.05) is 10.6 Å². The fraction of sp³-hybridized carbons (Fsp3) is 0.500. The summed E-state index contributed by atoms with van der Waals surface area (Å²) < 4.78 is 0. The molecule has 24 heavy (non-hydrogen) atoms. The molecular weight excluding hydrogens is 306 g/mol. The minimum absolute atomic E-state index is 0.163. The highest BCUT2D eigenvalue weighted by Crippen LogP contribution is 2.29. The summed E-state index contributed by atoms with van der Waals surface area (Å²) >= 11 is 0. The van der Waals surface area contributed by atoms with Gasteiger partial charge in [-0.25, -0.2) is 0 Å². The molecular formula is C18H25N3O3. The lowest BCUT2D eigenvalue weighted by Crippen LogP contribution is -2.47. The van der Waals surface area contributed by atoms with Gasteiger partial charge in [-0.05, 0) is 43.4 Å². The number of anilines is 2. The van der Waals surface area contributed by atoms with Crippen molar-refractivity contribution in [2.45, 2.75) is 52.5 Å². The summed E-state index contributed by atoms with van der Waals surface area (Å²) in [5.74, 6) is -0.401. The minimum Gasteiger partial charge on any atom is -0.344 e. The molecule has 0 radical (unpaired) electrons. The van der Waals surface area contributed by atoms with Crippen molar-refractivity contribution in [3.05, 3.63) is 23.8 Å². The largest absolute Gasteiger partial charge is 0.344 e. The highest BCUT2D eigenvalue weighted by molar-refractivity contribution is 5.99. The lowest BCUT2D eigenvalue weighted by atomic mass is 9.97. The predicted molar refractivity (Wildman–Crippen MR) is 93.7 cm³/mol. The van der Waals surface area contributed by atoms with Gasteiger partial charge in [-0.3, -0.25) is 14.4 Å². The van der Waals surface area contributed by atoms with E-state index >= 15 is 0 Å². The van der Waals surface area contributed by atoms with Gasteiger partial charge in [0.1, 0.15) is 6.04 Å². The molecule has 0 saturated heterocycles.